The van der Waals surface area contributed by atoms with E-state index < -0.39 is 15.7 Å². The van der Waals surface area contributed by atoms with E-state index in [9.17, 15) is 13.2 Å². The molecular formula is C31H30N4O4S. The Bertz CT molecular complexity index is 1830. The maximum Gasteiger partial charge on any atom is 0.269 e. The summed E-state index contributed by atoms with van der Waals surface area (Å²) in [5.74, 6) is -0.561. The Balaban J connectivity index is 1.47. The number of aromatic nitrogens is 3. The van der Waals surface area contributed by atoms with Crippen molar-refractivity contribution in [2.75, 3.05) is 20.0 Å². The lowest BCUT2D eigenvalue weighted by Gasteiger charge is -2.09. The van der Waals surface area contributed by atoms with Crippen LogP contribution in [0.1, 0.15) is 27.3 Å². The molecule has 5 aromatic rings. The van der Waals surface area contributed by atoms with Gasteiger partial charge >= 0.3 is 0 Å². The molecule has 0 spiro atoms. The third kappa shape index (κ3) is 5.61. The third-order valence-electron chi connectivity index (χ3n) is 6.76. The van der Waals surface area contributed by atoms with Gasteiger partial charge < -0.3 is 15.0 Å². The minimum atomic E-state index is -3.23. The number of carbonyl (C=O) groups is 1. The minimum absolute atomic E-state index is 0.227. The van der Waals surface area contributed by atoms with Crippen LogP contribution in [0.5, 0.6) is 0 Å². The third-order valence-corrected chi connectivity index (χ3v) is 7.89. The highest BCUT2D eigenvalue weighted by atomic mass is 32.2. The number of ether oxygens (including phenoxy) is 1. The van der Waals surface area contributed by atoms with Crippen LogP contribution in [0.4, 0.5) is 0 Å². The topological polar surface area (TPSA) is 109 Å². The van der Waals surface area contributed by atoms with Crippen LogP contribution < -0.4 is 5.73 Å². The van der Waals surface area contributed by atoms with Crippen molar-refractivity contribution in [1.82, 2.24) is 14.3 Å². The molecule has 0 saturated carbocycles. The number of hydrogen-bond donors (Lipinski definition) is 1. The smallest absolute Gasteiger partial charge is 0.269 e. The molecule has 5 rings (SSSR count). The fourth-order valence-electron chi connectivity index (χ4n) is 4.73. The van der Waals surface area contributed by atoms with Crippen molar-refractivity contribution in [2.45, 2.75) is 18.4 Å². The number of carbonyl (C=O) groups excluding carboxylic acids is 1. The lowest BCUT2D eigenvalue weighted by molar-refractivity contribution is 0.0995. The van der Waals surface area contributed by atoms with Gasteiger partial charge in [-0.15, -0.1) is 0 Å². The first-order valence-corrected chi connectivity index (χ1v) is 14.6. The number of amides is 1. The van der Waals surface area contributed by atoms with Gasteiger partial charge in [0.1, 0.15) is 0 Å². The summed E-state index contributed by atoms with van der Waals surface area (Å²) in [5.41, 5.74) is 12.5. The van der Waals surface area contributed by atoms with Gasteiger partial charge in [0.15, 0.2) is 15.5 Å². The second-order valence-electron chi connectivity index (χ2n) is 9.71. The predicted molar refractivity (Wildman–Crippen MR) is 157 cm³/mol. The van der Waals surface area contributed by atoms with Crippen LogP contribution in [0.2, 0.25) is 0 Å². The monoisotopic (exact) mass is 554 g/mol. The highest BCUT2D eigenvalue weighted by Gasteiger charge is 2.14. The van der Waals surface area contributed by atoms with E-state index in [2.05, 4.69) is 40.1 Å². The molecule has 0 fully saturated rings. The molecular weight excluding hydrogens is 524 g/mol. The van der Waals surface area contributed by atoms with Crippen LogP contribution in [0.15, 0.2) is 90.0 Å². The van der Waals surface area contributed by atoms with E-state index in [1.54, 1.807) is 30.0 Å². The van der Waals surface area contributed by atoms with Crippen LogP contribution in [0.3, 0.4) is 0 Å². The van der Waals surface area contributed by atoms with Crippen molar-refractivity contribution in [3.8, 4) is 16.8 Å². The Labute approximate surface area is 233 Å². The summed E-state index contributed by atoms with van der Waals surface area (Å²) in [5, 5.41) is 5.43. The summed E-state index contributed by atoms with van der Waals surface area (Å²) >= 11 is 0. The number of nitrogens with two attached hydrogens (primary N) is 1. The normalized spacial score (nSPS) is 12.0. The quantitative estimate of drug-likeness (QED) is 0.275. The summed E-state index contributed by atoms with van der Waals surface area (Å²) in [6, 6.07) is 23.0. The molecule has 0 saturated heterocycles. The Morgan fingerprint density at radius 3 is 2.27 bits per heavy atom. The van der Waals surface area contributed by atoms with Crippen molar-refractivity contribution >= 4 is 32.7 Å². The van der Waals surface area contributed by atoms with E-state index in [1.807, 2.05) is 49.4 Å². The molecule has 9 heteroatoms. The van der Waals surface area contributed by atoms with Gasteiger partial charge in [-0.1, -0.05) is 48.6 Å². The van der Waals surface area contributed by atoms with Crippen molar-refractivity contribution in [3.05, 3.63) is 108 Å². The lowest BCUT2D eigenvalue weighted by atomic mass is 10.0. The molecule has 0 aliphatic heterocycles. The molecule has 3 aromatic carbocycles. The van der Waals surface area contributed by atoms with Gasteiger partial charge in [-0.2, -0.15) is 5.10 Å². The van der Waals surface area contributed by atoms with Crippen LogP contribution in [0, 0.1) is 6.92 Å². The van der Waals surface area contributed by atoms with E-state index in [-0.39, 0.29) is 5.69 Å². The molecule has 1 amide bonds. The van der Waals surface area contributed by atoms with Gasteiger partial charge in [0.25, 0.3) is 5.91 Å². The zero-order valence-corrected chi connectivity index (χ0v) is 23.4. The van der Waals surface area contributed by atoms with Crippen LogP contribution in [-0.4, -0.2) is 48.6 Å². The second kappa shape index (κ2) is 11.0. The fourth-order valence-corrected chi connectivity index (χ4v) is 5.36. The summed E-state index contributed by atoms with van der Waals surface area (Å²) in [4.78, 5) is 11.9. The van der Waals surface area contributed by atoms with Gasteiger partial charge in [-0.25, -0.2) is 13.1 Å². The molecule has 204 valence electrons. The van der Waals surface area contributed by atoms with Gasteiger partial charge in [-0.3, -0.25) is 4.79 Å². The number of hydrogen-bond acceptors (Lipinski definition) is 5. The highest BCUT2D eigenvalue weighted by Crippen LogP contribution is 2.28. The average molecular weight is 555 g/mol. The second-order valence-corrected chi connectivity index (χ2v) is 11.7. The van der Waals surface area contributed by atoms with Crippen LogP contribution in [-0.2, 0) is 21.1 Å². The SMILES string of the molecule is COCC=Cc1cn(Cc2ccc(-c3ccc(S(C)(=O)=O)cc3)cc2)c2ccc(-n3nc(C(N)=O)cc3C)cc12. The molecule has 40 heavy (non-hydrogen) atoms. The summed E-state index contributed by atoms with van der Waals surface area (Å²) in [6.45, 7) is 3.05. The van der Waals surface area contributed by atoms with Crippen molar-refractivity contribution in [2.24, 2.45) is 5.73 Å². The summed E-state index contributed by atoms with van der Waals surface area (Å²) in [6.07, 6.45) is 7.34. The standard InChI is InChI=1S/C31H30N4O4S/c1-21-17-29(31(32)36)33-35(21)26-12-15-30-28(18-26)25(5-4-16-39-2)20-34(30)19-22-6-8-23(9-7-22)24-10-13-27(14-11-24)40(3,37)38/h4-15,17-18,20H,16,19H2,1-3H3,(H2,32,36). The average Bonchev–Trinajstić information content (AvgIpc) is 3.49. The Hall–Kier alpha value is -4.47. The molecule has 0 radical (unpaired) electrons. The predicted octanol–water partition coefficient (Wildman–Crippen LogP) is 5.01. The van der Waals surface area contributed by atoms with Crippen molar-refractivity contribution in [1.29, 1.82) is 0 Å². The summed E-state index contributed by atoms with van der Waals surface area (Å²) < 4.78 is 32.7. The van der Waals surface area contributed by atoms with E-state index in [0.29, 0.717) is 18.0 Å². The zero-order valence-electron chi connectivity index (χ0n) is 22.5. The van der Waals surface area contributed by atoms with Gasteiger partial charge in [0.2, 0.25) is 0 Å². The first kappa shape index (κ1) is 27.1. The van der Waals surface area contributed by atoms with Gasteiger partial charge in [0.05, 0.1) is 17.2 Å². The number of primary amides is 1. The molecule has 2 heterocycles. The van der Waals surface area contributed by atoms with Crippen molar-refractivity contribution in [3.63, 3.8) is 0 Å². The summed E-state index contributed by atoms with van der Waals surface area (Å²) in [7, 11) is -1.57. The van der Waals surface area contributed by atoms with Crippen LogP contribution in [0.25, 0.3) is 33.8 Å². The van der Waals surface area contributed by atoms with Crippen molar-refractivity contribution < 1.29 is 17.9 Å². The number of methoxy groups -OCH3 is 1. The maximum absolute atomic E-state index is 11.8. The van der Waals surface area contributed by atoms with Gasteiger partial charge in [-0.05, 0) is 65.6 Å². The first-order valence-electron chi connectivity index (χ1n) is 12.7. The molecule has 0 aliphatic rings. The number of aryl methyl sites for hydroxylation is 1. The first-order chi connectivity index (χ1) is 19.1. The number of rotatable bonds is 9. The number of sulfone groups is 1. The number of nitrogens with zero attached hydrogens (tertiary/aromatic N) is 3. The van der Waals surface area contributed by atoms with E-state index in [0.717, 1.165) is 44.5 Å². The number of benzene rings is 3. The molecule has 2 N–H and O–H groups in total. The minimum Gasteiger partial charge on any atom is -0.381 e. The molecule has 0 atom stereocenters. The zero-order chi connectivity index (χ0) is 28.4. The maximum atomic E-state index is 11.8. The highest BCUT2D eigenvalue weighted by molar-refractivity contribution is 7.90. The Kier molecular flexibility index (Phi) is 7.42. The molecule has 0 aliphatic carbocycles. The van der Waals surface area contributed by atoms with Crippen LogP contribution >= 0.6 is 0 Å². The molecule has 0 unspecified atom stereocenters. The van der Waals surface area contributed by atoms with E-state index in [4.69, 9.17) is 10.5 Å². The lowest BCUT2D eigenvalue weighted by Crippen LogP contribution is -2.12. The number of fused-ring (bicyclic) bond motifs is 1. The molecule has 0 bridgehead atoms. The molecule has 8 nitrogen and oxygen atoms in total. The van der Waals surface area contributed by atoms with Gasteiger partial charge in [0, 0.05) is 42.7 Å². The Morgan fingerprint density at radius 2 is 1.68 bits per heavy atom. The van der Waals surface area contributed by atoms with E-state index >= 15 is 0 Å². The van der Waals surface area contributed by atoms with E-state index in [1.165, 1.54) is 6.26 Å². The Morgan fingerprint density at radius 1 is 1.00 bits per heavy atom. The molecule has 2 aromatic heterocycles. The fraction of sp³-hybridized carbons (Fsp3) is 0.161. The largest absolute Gasteiger partial charge is 0.381 e.